The van der Waals surface area contributed by atoms with E-state index in [4.69, 9.17) is 0 Å². The van der Waals surface area contributed by atoms with Crippen LogP contribution >= 0.6 is 23.3 Å². The second-order valence-corrected chi connectivity index (χ2v) is 6.04. The zero-order valence-electron chi connectivity index (χ0n) is 10.5. The molecule has 0 saturated carbocycles. The van der Waals surface area contributed by atoms with Gasteiger partial charge in [0.2, 0.25) is 5.78 Å². The number of hydrogen-bond acceptors (Lipinski definition) is 4. The summed E-state index contributed by atoms with van der Waals surface area (Å²) in [5.74, 6) is 0.0306. The number of carbonyl (C=O) groups is 1. The largest absolute Gasteiger partial charge is 0.288 e. The van der Waals surface area contributed by atoms with Crippen molar-refractivity contribution < 1.29 is 4.79 Å². The molecule has 0 atom stereocenters. The average Bonchev–Trinajstić information content (AvgIpc) is 2.97. The summed E-state index contributed by atoms with van der Waals surface area (Å²) in [4.78, 5) is 14.1. The van der Waals surface area contributed by atoms with Crippen LogP contribution in [0.5, 0.6) is 0 Å². The lowest BCUT2D eigenvalue weighted by molar-refractivity contribution is 0.104. The molecule has 0 radical (unpaired) electrons. The highest BCUT2D eigenvalue weighted by atomic mass is 32.2. The van der Waals surface area contributed by atoms with Gasteiger partial charge in [-0.1, -0.05) is 60.3 Å². The number of nitrogens with zero attached hydrogens (tertiary/aromatic N) is 1. The van der Waals surface area contributed by atoms with Crippen LogP contribution in [0.2, 0.25) is 0 Å². The maximum atomic E-state index is 12.3. The minimum atomic E-state index is 0.0306. The summed E-state index contributed by atoms with van der Waals surface area (Å²) in [5.41, 5.74) is 0.701. The van der Waals surface area contributed by atoms with Gasteiger partial charge in [-0.3, -0.25) is 4.79 Å². The van der Waals surface area contributed by atoms with Gasteiger partial charge in [-0.2, -0.15) is 4.37 Å². The van der Waals surface area contributed by atoms with Crippen LogP contribution in [0.3, 0.4) is 0 Å². The summed E-state index contributed by atoms with van der Waals surface area (Å²) >= 11 is 2.82. The topological polar surface area (TPSA) is 30.0 Å². The van der Waals surface area contributed by atoms with Crippen LogP contribution in [0.15, 0.2) is 76.7 Å². The van der Waals surface area contributed by atoms with E-state index in [1.807, 2.05) is 66.7 Å². The standard InChI is InChI=1S/C16H11NOS2/c18-16(12-7-3-1-4-8-12)14-11-15(17-20-14)19-13-9-5-2-6-10-13/h1-11H. The third-order valence-corrected chi connectivity index (χ3v) is 4.54. The number of rotatable bonds is 4. The van der Waals surface area contributed by atoms with Gasteiger partial charge in [0.1, 0.15) is 5.03 Å². The summed E-state index contributed by atoms with van der Waals surface area (Å²) < 4.78 is 4.34. The molecule has 0 aliphatic heterocycles. The predicted molar refractivity (Wildman–Crippen MR) is 82.6 cm³/mol. The van der Waals surface area contributed by atoms with Gasteiger partial charge in [-0.05, 0) is 29.7 Å². The molecule has 0 spiro atoms. The van der Waals surface area contributed by atoms with Crippen LogP contribution in [0.25, 0.3) is 0 Å². The molecule has 2 aromatic carbocycles. The first kappa shape index (κ1) is 13.1. The van der Waals surface area contributed by atoms with Crippen molar-refractivity contribution in [3.8, 4) is 0 Å². The molecule has 3 aromatic rings. The lowest BCUT2D eigenvalue weighted by Gasteiger charge is -1.96. The van der Waals surface area contributed by atoms with Gasteiger partial charge >= 0.3 is 0 Å². The Morgan fingerprint density at radius 1 is 0.950 bits per heavy atom. The van der Waals surface area contributed by atoms with E-state index in [1.165, 1.54) is 11.5 Å². The van der Waals surface area contributed by atoms with Gasteiger partial charge in [-0.25, -0.2) is 0 Å². The molecule has 98 valence electrons. The lowest BCUT2D eigenvalue weighted by atomic mass is 10.1. The molecule has 0 unspecified atom stereocenters. The highest BCUT2D eigenvalue weighted by molar-refractivity contribution is 7.99. The fraction of sp³-hybridized carbons (Fsp3) is 0. The van der Waals surface area contributed by atoms with Crippen molar-refractivity contribution in [2.24, 2.45) is 0 Å². The zero-order valence-corrected chi connectivity index (χ0v) is 12.2. The van der Waals surface area contributed by atoms with Gasteiger partial charge in [0.25, 0.3) is 0 Å². The number of carbonyl (C=O) groups excluding carboxylic acids is 1. The first-order valence-electron chi connectivity index (χ1n) is 6.12. The second kappa shape index (κ2) is 6.03. The maximum absolute atomic E-state index is 12.3. The summed E-state index contributed by atoms with van der Waals surface area (Å²) in [6.45, 7) is 0. The molecule has 4 heteroatoms. The van der Waals surface area contributed by atoms with Gasteiger partial charge < -0.3 is 0 Å². The summed E-state index contributed by atoms with van der Waals surface area (Å²) in [6.07, 6.45) is 0. The van der Waals surface area contributed by atoms with Gasteiger partial charge in [0.05, 0.1) is 4.88 Å². The third kappa shape index (κ3) is 2.98. The molecule has 0 aliphatic carbocycles. The van der Waals surface area contributed by atoms with E-state index in [-0.39, 0.29) is 5.78 Å². The SMILES string of the molecule is O=C(c1ccccc1)c1cc(Sc2ccccc2)ns1. The van der Waals surface area contributed by atoms with Crippen LogP contribution < -0.4 is 0 Å². The van der Waals surface area contributed by atoms with Crippen molar-refractivity contribution in [2.75, 3.05) is 0 Å². The van der Waals surface area contributed by atoms with Crippen molar-refractivity contribution in [3.05, 3.63) is 77.2 Å². The smallest absolute Gasteiger partial charge is 0.204 e. The van der Waals surface area contributed by atoms with E-state index in [1.54, 1.807) is 11.8 Å². The molecular weight excluding hydrogens is 286 g/mol. The Kier molecular flexibility index (Phi) is 3.95. The average molecular weight is 297 g/mol. The molecule has 2 nitrogen and oxygen atoms in total. The van der Waals surface area contributed by atoms with Crippen LogP contribution in [0, 0.1) is 0 Å². The Bertz CT molecular complexity index is 708. The van der Waals surface area contributed by atoms with Crippen LogP contribution in [0.4, 0.5) is 0 Å². The van der Waals surface area contributed by atoms with Crippen molar-refractivity contribution in [2.45, 2.75) is 9.92 Å². The van der Waals surface area contributed by atoms with E-state index in [2.05, 4.69) is 4.37 Å². The third-order valence-electron chi connectivity index (χ3n) is 2.71. The van der Waals surface area contributed by atoms with E-state index < -0.39 is 0 Å². The molecule has 0 aliphatic rings. The van der Waals surface area contributed by atoms with E-state index in [0.29, 0.717) is 10.4 Å². The predicted octanol–water partition coefficient (Wildman–Crippen LogP) is 4.53. The summed E-state index contributed by atoms with van der Waals surface area (Å²) in [5, 5.41) is 0.862. The fourth-order valence-corrected chi connectivity index (χ4v) is 3.41. The zero-order chi connectivity index (χ0) is 13.8. The van der Waals surface area contributed by atoms with Crippen LogP contribution in [-0.4, -0.2) is 10.2 Å². The minimum absolute atomic E-state index is 0.0306. The highest BCUT2D eigenvalue weighted by Crippen LogP contribution is 2.29. The molecule has 3 rings (SSSR count). The van der Waals surface area contributed by atoms with Crippen LogP contribution in [-0.2, 0) is 0 Å². The van der Waals surface area contributed by atoms with Crippen molar-refractivity contribution in [1.29, 1.82) is 0 Å². The van der Waals surface area contributed by atoms with Gasteiger partial charge in [-0.15, -0.1) is 0 Å². The molecule has 0 bridgehead atoms. The van der Waals surface area contributed by atoms with Crippen molar-refractivity contribution >= 4 is 29.1 Å². The number of aromatic nitrogens is 1. The summed E-state index contributed by atoms with van der Waals surface area (Å²) in [6, 6.07) is 21.2. The molecule has 0 N–H and O–H groups in total. The quantitative estimate of drug-likeness (QED) is 0.663. The molecular formula is C16H11NOS2. The number of ketones is 1. The normalized spacial score (nSPS) is 10.4. The first-order chi connectivity index (χ1) is 9.83. The molecule has 0 saturated heterocycles. The molecule has 1 aromatic heterocycles. The monoisotopic (exact) mass is 297 g/mol. The van der Waals surface area contributed by atoms with Gasteiger partial charge in [0.15, 0.2) is 0 Å². The van der Waals surface area contributed by atoms with Gasteiger partial charge in [0, 0.05) is 10.5 Å². The maximum Gasteiger partial charge on any atom is 0.204 e. The fourth-order valence-electron chi connectivity index (χ4n) is 1.76. The van der Waals surface area contributed by atoms with E-state index >= 15 is 0 Å². The highest BCUT2D eigenvalue weighted by Gasteiger charge is 2.13. The summed E-state index contributed by atoms with van der Waals surface area (Å²) in [7, 11) is 0. The molecule has 20 heavy (non-hydrogen) atoms. The van der Waals surface area contributed by atoms with Crippen LogP contribution in [0.1, 0.15) is 15.2 Å². The number of benzene rings is 2. The Morgan fingerprint density at radius 3 is 2.30 bits per heavy atom. The molecule has 0 fully saturated rings. The second-order valence-electron chi connectivity index (χ2n) is 4.14. The Morgan fingerprint density at radius 2 is 1.60 bits per heavy atom. The Hall–Kier alpha value is -1.91. The lowest BCUT2D eigenvalue weighted by Crippen LogP contribution is -1.97. The van der Waals surface area contributed by atoms with E-state index in [0.717, 1.165) is 9.92 Å². The molecule has 0 amide bonds. The van der Waals surface area contributed by atoms with Crippen molar-refractivity contribution in [1.82, 2.24) is 4.37 Å². The molecule has 1 heterocycles. The minimum Gasteiger partial charge on any atom is -0.288 e. The van der Waals surface area contributed by atoms with E-state index in [9.17, 15) is 4.79 Å². The first-order valence-corrected chi connectivity index (χ1v) is 7.71. The Balaban J connectivity index is 1.79. The van der Waals surface area contributed by atoms with Crippen molar-refractivity contribution in [3.63, 3.8) is 0 Å². The Labute approximate surface area is 125 Å². The number of hydrogen-bond donors (Lipinski definition) is 0.